The Bertz CT molecular complexity index is 976. The van der Waals surface area contributed by atoms with Crippen molar-refractivity contribution in [1.82, 2.24) is 0 Å². The predicted molar refractivity (Wildman–Crippen MR) is 124 cm³/mol. The van der Waals surface area contributed by atoms with Gasteiger partial charge in [0.1, 0.15) is 5.75 Å². The second kappa shape index (κ2) is 8.34. The van der Waals surface area contributed by atoms with Gasteiger partial charge in [-0.15, -0.1) is 11.3 Å². The van der Waals surface area contributed by atoms with Gasteiger partial charge in [-0.2, -0.15) is 0 Å². The molecule has 0 aliphatic heterocycles. The van der Waals surface area contributed by atoms with Gasteiger partial charge in [-0.1, -0.05) is 26.0 Å². The molecule has 4 rings (SSSR count). The summed E-state index contributed by atoms with van der Waals surface area (Å²) in [6, 6.07) is 4.18. The van der Waals surface area contributed by atoms with Crippen molar-refractivity contribution >= 4 is 17.1 Å². The first-order chi connectivity index (χ1) is 14.7. The van der Waals surface area contributed by atoms with Crippen LogP contribution in [0.4, 0.5) is 0 Å². The van der Waals surface area contributed by atoms with Gasteiger partial charge in [-0.3, -0.25) is 4.79 Å². The number of rotatable bonds is 9. The molecule has 1 fully saturated rings. The Labute approximate surface area is 189 Å². The maximum atomic E-state index is 13.1. The Morgan fingerprint density at radius 3 is 2.45 bits per heavy atom. The average molecular weight is 443 g/mol. The number of fused-ring (bicyclic) bond motifs is 3. The predicted octanol–water partition coefficient (Wildman–Crippen LogP) is 4.76. The van der Waals surface area contributed by atoms with Crippen LogP contribution in [0, 0.1) is 38.0 Å². The van der Waals surface area contributed by atoms with Gasteiger partial charge in [0.05, 0.1) is 24.7 Å². The van der Waals surface area contributed by atoms with Crippen LogP contribution in [0.25, 0.3) is 0 Å². The first-order valence-corrected chi connectivity index (χ1v) is 12.1. The number of aliphatic hydroxyl groups excluding tert-OH is 2. The van der Waals surface area contributed by atoms with E-state index in [4.69, 9.17) is 4.74 Å². The molecule has 2 aliphatic carbocycles. The van der Waals surface area contributed by atoms with Gasteiger partial charge in [0, 0.05) is 17.2 Å². The van der Waals surface area contributed by atoms with E-state index in [0.717, 1.165) is 46.1 Å². The fourth-order valence-corrected chi connectivity index (χ4v) is 6.70. The smallest absolute Gasteiger partial charge is 0.173 e. The molecule has 4 nitrogen and oxygen atoms in total. The molecule has 0 radical (unpaired) electrons. The third-order valence-electron chi connectivity index (χ3n) is 7.41. The number of ketones is 1. The molecule has 1 heterocycles. The topological polar surface area (TPSA) is 66.8 Å². The lowest BCUT2D eigenvalue weighted by molar-refractivity contribution is 0.0985. The molecule has 2 N–H and O–H groups in total. The average Bonchev–Trinajstić information content (AvgIpc) is 3.04. The number of aryl methyl sites for hydroxylation is 4. The van der Waals surface area contributed by atoms with Crippen LogP contribution in [0.15, 0.2) is 12.1 Å². The monoisotopic (exact) mass is 442 g/mol. The summed E-state index contributed by atoms with van der Waals surface area (Å²) in [6.07, 6.45) is 2.33. The number of hydrogen-bond donors (Lipinski definition) is 2. The van der Waals surface area contributed by atoms with Crippen molar-refractivity contribution < 1.29 is 19.7 Å². The van der Waals surface area contributed by atoms with Crippen LogP contribution in [0.5, 0.6) is 5.75 Å². The van der Waals surface area contributed by atoms with Crippen LogP contribution in [0.3, 0.4) is 0 Å². The van der Waals surface area contributed by atoms with Crippen molar-refractivity contribution in [2.24, 2.45) is 17.3 Å². The highest BCUT2D eigenvalue weighted by Gasteiger charge is 2.63. The van der Waals surface area contributed by atoms with E-state index < -0.39 is 0 Å². The van der Waals surface area contributed by atoms with Gasteiger partial charge in [0.25, 0.3) is 0 Å². The molecular weight excluding hydrogens is 408 g/mol. The van der Waals surface area contributed by atoms with Crippen LogP contribution >= 0.6 is 11.3 Å². The fourth-order valence-electron chi connectivity index (χ4n) is 5.50. The van der Waals surface area contributed by atoms with Crippen LogP contribution in [0.1, 0.15) is 68.6 Å². The highest BCUT2D eigenvalue weighted by molar-refractivity contribution is 7.14. The maximum absolute atomic E-state index is 13.1. The molecule has 0 amide bonds. The zero-order valence-corrected chi connectivity index (χ0v) is 20.1. The fraction of sp³-hybridized carbons (Fsp3) is 0.577. The molecule has 168 valence electrons. The Balaban J connectivity index is 1.42. The van der Waals surface area contributed by atoms with Crippen molar-refractivity contribution in [3.63, 3.8) is 0 Å². The van der Waals surface area contributed by atoms with Crippen LogP contribution in [0.2, 0.25) is 0 Å². The third kappa shape index (κ3) is 3.96. The minimum absolute atomic E-state index is 0.0975. The summed E-state index contributed by atoms with van der Waals surface area (Å²) < 4.78 is 5.86. The molecule has 0 bridgehead atoms. The van der Waals surface area contributed by atoms with E-state index >= 15 is 0 Å². The number of carbonyl (C=O) groups is 1. The molecule has 1 saturated carbocycles. The number of Topliss-reactive ketones (excluding diaryl/α,β-unsaturated/α-hetero) is 1. The highest BCUT2D eigenvalue weighted by atomic mass is 32.1. The largest absolute Gasteiger partial charge is 0.493 e. The molecular formula is C26H34O4S. The van der Waals surface area contributed by atoms with E-state index in [1.54, 1.807) is 11.3 Å². The SMILES string of the molecule is Cc1cc(CCC(=O)c2sc(C)c3c2C[C@@H]2[C@H]3C2(C)C)cc(C)c1OCC(CO)CO. The Hall–Kier alpha value is -1.69. The number of benzene rings is 1. The molecule has 1 aromatic heterocycles. The molecule has 2 atom stereocenters. The molecule has 0 unspecified atom stereocenters. The van der Waals surface area contributed by atoms with Gasteiger partial charge in [0.2, 0.25) is 0 Å². The molecule has 0 saturated heterocycles. The second-order valence-electron chi connectivity index (χ2n) is 10.0. The number of thiophene rings is 1. The van der Waals surface area contributed by atoms with E-state index in [-0.39, 0.29) is 31.5 Å². The zero-order valence-electron chi connectivity index (χ0n) is 19.2. The number of ether oxygens (including phenoxy) is 1. The van der Waals surface area contributed by atoms with E-state index in [9.17, 15) is 15.0 Å². The third-order valence-corrected chi connectivity index (χ3v) is 8.62. The van der Waals surface area contributed by atoms with E-state index in [1.165, 1.54) is 16.0 Å². The summed E-state index contributed by atoms with van der Waals surface area (Å²) in [5.41, 5.74) is 6.43. The van der Waals surface area contributed by atoms with Crippen molar-refractivity contribution in [2.45, 2.75) is 59.8 Å². The summed E-state index contributed by atoms with van der Waals surface area (Å²) in [4.78, 5) is 15.4. The molecule has 2 aliphatic rings. The Kier molecular flexibility index (Phi) is 6.06. The molecule has 0 spiro atoms. The first-order valence-electron chi connectivity index (χ1n) is 11.3. The molecule has 31 heavy (non-hydrogen) atoms. The quantitative estimate of drug-likeness (QED) is 0.549. The Morgan fingerprint density at radius 1 is 1.19 bits per heavy atom. The number of hydrogen-bond acceptors (Lipinski definition) is 5. The molecule has 1 aromatic carbocycles. The van der Waals surface area contributed by atoms with Crippen molar-refractivity contribution in [1.29, 1.82) is 0 Å². The molecule has 5 heteroatoms. The lowest BCUT2D eigenvalue weighted by Crippen LogP contribution is -2.20. The van der Waals surface area contributed by atoms with Crippen molar-refractivity contribution in [3.05, 3.63) is 49.7 Å². The zero-order chi connectivity index (χ0) is 22.5. The minimum Gasteiger partial charge on any atom is -0.493 e. The summed E-state index contributed by atoms with van der Waals surface area (Å²) >= 11 is 1.70. The summed E-state index contributed by atoms with van der Waals surface area (Å²) in [5.74, 6) is 2.19. The normalized spacial score (nSPS) is 20.6. The van der Waals surface area contributed by atoms with Gasteiger partial charge in [-0.05, 0) is 78.7 Å². The van der Waals surface area contributed by atoms with Crippen molar-refractivity contribution in [2.75, 3.05) is 19.8 Å². The van der Waals surface area contributed by atoms with Gasteiger partial charge in [0.15, 0.2) is 5.78 Å². The number of carbonyl (C=O) groups excluding carboxylic acids is 1. The lowest BCUT2D eigenvalue weighted by Gasteiger charge is -2.17. The van der Waals surface area contributed by atoms with E-state index in [0.29, 0.717) is 17.8 Å². The van der Waals surface area contributed by atoms with Crippen molar-refractivity contribution in [3.8, 4) is 5.75 Å². The summed E-state index contributed by atoms with van der Waals surface area (Å²) in [6.45, 7) is 11.0. The standard InChI is InChI=1S/C26H34O4S/c1-14-8-17(9-15(2)24(14)30-13-18(11-27)12-28)6-7-21(29)25-19-10-20-23(26(20,4)5)22(19)16(3)31-25/h8-9,18,20,23,27-28H,6-7,10-13H2,1-5H3/t20-,23-/m1/s1. The van der Waals surface area contributed by atoms with Gasteiger partial charge in [-0.25, -0.2) is 0 Å². The van der Waals surface area contributed by atoms with Crippen LogP contribution < -0.4 is 4.74 Å². The van der Waals surface area contributed by atoms with Gasteiger partial charge >= 0.3 is 0 Å². The number of aliphatic hydroxyl groups is 2. The van der Waals surface area contributed by atoms with E-state index in [1.807, 2.05) is 13.8 Å². The summed E-state index contributed by atoms with van der Waals surface area (Å²) in [5, 5.41) is 18.5. The first kappa shape index (κ1) is 22.5. The maximum Gasteiger partial charge on any atom is 0.173 e. The van der Waals surface area contributed by atoms with Gasteiger partial charge < -0.3 is 14.9 Å². The Morgan fingerprint density at radius 2 is 1.84 bits per heavy atom. The van der Waals surface area contributed by atoms with Crippen LogP contribution in [-0.4, -0.2) is 35.8 Å². The lowest BCUT2D eigenvalue weighted by atomic mass is 9.93. The molecule has 2 aromatic rings. The summed E-state index contributed by atoms with van der Waals surface area (Å²) in [7, 11) is 0. The minimum atomic E-state index is -0.274. The van der Waals surface area contributed by atoms with Crippen LogP contribution in [-0.2, 0) is 12.8 Å². The highest BCUT2D eigenvalue weighted by Crippen LogP contribution is 2.71. The second-order valence-corrected chi connectivity index (χ2v) is 11.2. The van der Waals surface area contributed by atoms with E-state index in [2.05, 4.69) is 32.9 Å².